The van der Waals surface area contributed by atoms with Crippen LogP contribution in [-0.2, 0) is 27.5 Å². The quantitative estimate of drug-likeness (QED) is 0.321. The Bertz CT molecular complexity index is 1420. The molecule has 3 aromatic rings. The van der Waals surface area contributed by atoms with Gasteiger partial charge in [0.05, 0.1) is 19.4 Å². The zero-order valence-electron chi connectivity index (χ0n) is 21.9. The number of ether oxygens (including phenoxy) is 5. The number of hydrazone groups is 1. The van der Waals surface area contributed by atoms with Gasteiger partial charge in [-0.3, -0.25) is 4.79 Å². The molecule has 0 saturated heterocycles. The minimum Gasteiger partial charge on any atom is -0.493 e. The number of rotatable bonds is 10. The molecule has 0 aliphatic carbocycles. The molecule has 0 unspecified atom stereocenters. The van der Waals surface area contributed by atoms with E-state index < -0.39 is 6.23 Å². The minimum atomic E-state index is -0.836. The Hall–Kier alpha value is -4.14. The van der Waals surface area contributed by atoms with E-state index in [1.54, 1.807) is 39.3 Å². The summed E-state index contributed by atoms with van der Waals surface area (Å²) in [5.41, 5.74) is 3.15. The van der Waals surface area contributed by atoms with Crippen LogP contribution in [0.4, 0.5) is 0 Å². The molecule has 0 radical (unpaired) electrons. The number of carbonyl (C=O) groups excluding carboxylic acids is 1. The van der Waals surface area contributed by atoms with Gasteiger partial charge >= 0.3 is 0 Å². The first kappa shape index (κ1) is 27.9. The molecule has 10 nitrogen and oxygen atoms in total. The Balaban J connectivity index is 1.51. The summed E-state index contributed by atoms with van der Waals surface area (Å²) in [6.45, 7) is 3.61. The van der Waals surface area contributed by atoms with Crippen LogP contribution >= 0.6 is 15.9 Å². The van der Waals surface area contributed by atoms with Crippen LogP contribution in [0.15, 0.2) is 58.1 Å². The molecule has 0 spiro atoms. The average Bonchev–Trinajstić information content (AvgIpc) is 3.39. The van der Waals surface area contributed by atoms with Crippen LogP contribution in [0.1, 0.15) is 41.1 Å². The number of halogens is 1. The Morgan fingerprint density at radius 3 is 2.54 bits per heavy atom. The number of aromatic nitrogens is 1. The Morgan fingerprint density at radius 1 is 1.10 bits per heavy atom. The molecule has 0 saturated carbocycles. The number of carbonyl (C=O) groups is 1. The number of aryl methyl sites for hydroxylation is 1. The summed E-state index contributed by atoms with van der Waals surface area (Å²) in [6, 6.07) is 17.2. The standard InChI is InChI=1S/C28H27BrN4O6/c1-17-26(29)22(15-35-3)21(13-30)27(31-17)38-16-25-32-33(18(2)34)28(39-25)20-10-11-23(24(12-20)36-4)37-14-19-8-6-5-7-9-19/h5-12,28H,14-16H2,1-4H3/t28-/m1/s1. The van der Waals surface area contributed by atoms with Gasteiger partial charge in [0.1, 0.15) is 18.2 Å². The van der Waals surface area contributed by atoms with Crippen molar-refractivity contribution in [3.63, 3.8) is 0 Å². The van der Waals surface area contributed by atoms with Crippen LogP contribution in [0.2, 0.25) is 0 Å². The number of amides is 1. The summed E-state index contributed by atoms with van der Waals surface area (Å²) in [6.07, 6.45) is -0.836. The van der Waals surface area contributed by atoms with Crippen molar-refractivity contribution in [3.05, 3.63) is 81.0 Å². The van der Waals surface area contributed by atoms with Gasteiger partial charge in [0.25, 0.3) is 0 Å². The smallest absolute Gasteiger partial charge is 0.247 e. The predicted molar refractivity (Wildman–Crippen MR) is 145 cm³/mol. The van der Waals surface area contributed by atoms with Crippen LogP contribution in [0, 0.1) is 18.3 Å². The first-order valence-electron chi connectivity index (χ1n) is 12.0. The second-order valence-electron chi connectivity index (χ2n) is 8.52. The third-order valence-electron chi connectivity index (χ3n) is 5.82. The van der Waals surface area contributed by atoms with E-state index in [0.29, 0.717) is 39.4 Å². The molecule has 0 bridgehead atoms. The van der Waals surface area contributed by atoms with E-state index in [1.807, 2.05) is 30.3 Å². The third kappa shape index (κ3) is 6.30. The van der Waals surface area contributed by atoms with Gasteiger partial charge in [0, 0.05) is 29.6 Å². The molecule has 0 fully saturated rings. The highest BCUT2D eigenvalue weighted by molar-refractivity contribution is 9.10. The second kappa shape index (κ2) is 12.6. The van der Waals surface area contributed by atoms with Crippen molar-refractivity contribution in [2.24, 2.45) is 5.10 Å². The normalized spacial score (nSPS) is 14.3. The van der Waals surface area contributed by atoms with Gasteiger partial charge in [0.2, 0.25) is 23.9 Å². The lowest BCUT2D eigenvalue weighted by Crippen LogP contribution is -2.25. The fourth-order valence-corrected chi connectivity index (χ4v) is 4.32. The van der Waals surface area contributed by atoms with E-state index in [0.717, 1.165) is 5.56 Å². The van der Waals surface area contributed by atoms with Gasteiger partial charge in [-0.05, 0) is 46.6 Å². The van der Waals surface area contributed by atoms with Crippen LogP contribution in [0.25, 0.3) is 0 Å². The summed E-state index contributed by atoms with van der Waals surface area (Å²) in [4.78, 5) is 16.8. The van der Waals surface area contributed by atoms with Crippen LogP contribution in [-0.4, -0.2) is 42.6 Å². The fourth-order valence-electron chi connectivity index (χ4n) is 3.92. The molecule has 1 amide bonds. The lowest BCUT2D eigenvalue weighted by Gasteiger charge is -2.21. The molecular weight excluding hydrogens is 568 g/mol. The van der Waals surface area contributed by atoms with Crippen molar-refractivity contribution >= 4 is 27.7 Å². The van der Waals surface area contributed by atoms with Crippen LogP contribution in [0.5, 0.6) is 17.4 Å². The van der Waals surface area contributed by atoms with E-state index in [9.17, 15) is 10.1 Å². The fraction of sp³-hybridized carbons (Fsp3) is 0.286. The predicted octanol–water partition coefficient (Wildman–Crippen LogP) is 5.03. The summed E-state index contributed by atoms with van der Waals surface area (Å²) in [5, 5.41) is 15.3. The highest BCUT2D eigenvalue weighted by Crippen LogP contribution is 2.36. The molecule has 1 aliphatic rings. The summed E-state index contributed by atoms with van der Waals surface area (Å²) in [5.74, 6) is 0.985. The topological polar surface area (TPSA) is 116 Å². The maximum absolute atomic E-state index is 12.4. The van der Waals surface area contributed by atoms with E-state index in [1.165, 1.54) is 11.9 Å². The van der Waals surface area contributed by atoms with E-state index in [4.69, 9.17) is 23.7 Å². The Morgan fingerprint density at radius 2 is 1.87 bits per heavy atom. The van der Waals surface area contributed by atoms with E-state index in [2.05, 4.69) is 32.1 Å². The first-order valence-corrected chi connectivity index (χ1v) is 12.7. The van der Waals surface area contributed by atoms with Gasteiger partial charge < -0.3 is 23.7 Å². The SMILES string of the molecule is COCc1c(Br)c(C)nc(OCC2=NN(C(C)=O)[C@@H](c3ccc(OCc4ccccc4)c(OC)c3)O2)c1C#N. The van der Waals surface area contributed by atoms with Crippen molar-refractivity contribution in [1.29, 1.82) is 5.26 Å². The molecule has 1 atom stereocenters. The molecule has 2 aromatic carbocycles. The maximum atomic E-state index is 12.4. The lowest BCUT2D eigenvalue weighted by molar-refractivity contribution is -0.135. The van der Waals surface area contributed by atoms with Crippen LogP contribution < -0.4 is 14.2 Å². The van der Waals surface area contributed by atoms with Gasteiger partial charge in [-0.2, -0.15) is 10.3 Å². The molecular formula is C28H27BrN4O6. The number of hydrogen-bond acceptors (Lipinski definition) is 9. The van der Waals surface area contributed by atoms with Crippen molar-refractivity contribution in [1.82, 2.24) is 9.99 Å². The summed E-state index contributed by atoms with van der Waals surface area (Å²) in [7, 11) is 3.08. The largest absolute Gasteiger partial charge is 0.493 e. The van der Waals surface area contributed by atoms with Gasteiger partial charge in [0.15, 0.2) is 18.1 Å². The van der Waals surface area contributed by atoms with E-state index >= 15 is 0 Å². The van der Waals surface area contributed by atoms with Gasteiger partial charge in [-0.1, -0.05) is 30.3 Å². The Labute approximate surface area is 234 Å². The zero-order valence-corrected chi connectivity index (χ0v) is 23.5. The molecule has 39 heavy (non-hydrogen) atoms. The Kier molecular flexibility index (Phi) is 9.01. The van der Waals surface area contributed by atoms with Gasteiger partial charge in [-0.25, -0.2) is 4.98 Å². The molecule has 202 valence electrons. The highest BCUT2D eigenvalue weighted by atomic mass is 79.9. The third-order valence-corrected chi connectivity index (χ3v) is 6.87. The monoisotopic (exact) mass is 594 g/mol. The lowest BCUT2D eigenvalue weighted by atomic mass is 10.1. The van der Waals surface area contributed by atoms with Gasteiger partial charge in [-0.15, -0.1) is 5.10 Å². The number of nitriles is 1. The summed E-state index contributed by atoms with van der Waals surface area (Å²) < 4.78 is 29.2. The molecule has 2 heterocycles. The van der Waals surface area contributed by atoms with Crippen molar-refractivity contribution in [2.45, 2.75) is 33.3 Å². The maximum Gasteiger partial charge on any atom is 0.247 e. The average molecular weight is 595 g/mol. The van der Waals surface area contributed by atoms with Crippen molar-refractivity contribution < 1.29 is 28.5 Å². The number of nitrogens with zero attached hydrogens (tertiary/aromatic N) is 4. The molecule has 1 aliphatic heterocycles. The van der Waals surface area contributed by atoms with E-state index in [-0.39, 0.29) is 36.5 Å². The molecule has 11 heteroatoms. The van der Waals surface area contributed by atoms with Crippen molar-refractivity contribution in [3.8, 4) is 23.4 Å². The number of methoxy groups -OCH3 is 2. The molecule has 0 N–H and O–H groups in total. The summed E-state index contributed by atoms with van der Waals surface area (Å²) >= 11 is 3.46. The second-order valence-corrected chi connectivity index (χ2v) is 9.31. The number of pyridine rings is 1. The minimum absolute atomic E-state index is 0.121. The van der Waals surface area contributed by atoms with Crippen molar-refractivity contribution in [2.75, 3.05) is 20.8 Å². The highest BCUT2D eigenvalue weighted by Gasteiger charge is 2.33. The molecule has 4 rings (SSSR count). The molecule has 1 aromatic heterocycles. The number of benzene rings is 2. The number of hydrogen-bond donors (Lipinski definition) is 0. The first-order chi connectivity index (χ1) is 18.9. The zero-order chi connectivity index (χ0) is 27.9. The van der Waals surface area contributed by atoms with Crippen LogP contribution in [0.3, 0.4) is 0 Å².